The Morgan fingerprint density at radius 1 is 1.13 bits per heavy atom. The van der Waals surface area contributed by atoms with E-state index >= 15 is 0 Å². The van der Waals surface area contributed by atoms with E-state index in [1.54, 1.807) is 18.2 Å². The van der Waals surface area contributed by atoms with E-state index in [0.717, 1.165) is 25.3 Å². The molecular formula is C24H23F3N2O. The average molecular weight is 412 g/mol. The molecule has 3 N–H and O–H groups in total. The van der Waals surface area contributed by atoms with Gasteiger partial charge in [0.15, 0.2) is 0 Å². The molecule has 0 aliphatic heterocycles. The number of halogens is 3. The Hall–Kier alpha value is -2.86. The molecule has 4 rings (SSSR count). The molecule has 156 valence electrons. The predicted molar refractivity (Wildman–Crippen MR) is 112 cm³/mol. The third kappa shape index (κ3) is 4.19. The number of hydrogen-bond donors (Lipinski definition) is 2. The first kappa shape index (κ1) is 20.4. The molecule has 2 atom stereocenters. The van der Waals surface area contributed by atoms with Gasteiger partial charge in [0.1, 0.15) is 5.82 Å². The SMILES string of the molecule is CC(F)(F)C1C=CC(c2ccc(F)cc2C(=O)Nc2ccc3c(c2)CC(N)C3)=CC1. The summed E-state index contributed by atoms with van der Waals surface area (Å²) < 4.78 is 41.0. The lowest BCUT2D eigenvalue weighted by Crippen LogP contribution is -2.23. The summed E-state index contributed by atoms with van der Waals surface area (Å²) in [5.74, 6) is -4.71. The van der Waals surface area contributed by atoms with Crippen molar-refractivity contribution in [3.63, 3.8) is 0 Å². The lowest BCUT2D eigenvalue weighted by atomic mass is 9.88. The van der Waals surface area contributed by atoms with Crippen LogP contribution in [0.1, 0.15) is 40.4 Å². The van der Waals surface area contributed by atoms with Gasteiger partial charge in [0.25, 0.3) is 11.8 Å². The lowest BCUT2D eigenvalue weighted by molar-refractivity contribution is -0.0200. The number of nitrogens with one attached hydrogen (secondary N) is 1. The molecule has 0 radical (unpaired) electrons. The largest absolute Gasteiger partial charge is 0.327 e. The molecule has 0 aromatic heterocycles. The van der Waals surface area contributed by atoms with Crippen LogP contribution >= 0.6 is 0 Å². The standard InChI is InChI=1S/C24H23F3N2O/c1-24(26,27)17-5-2-14(3-6-17)21-9-7-18(25)13-22(21)23(30)29-20-8-4-15-10-19(28)11-16(15)12-20/h2-5,7-9,12-13,17,19H,6,10-11,28H2,1H3,(H,29,30). The fourth-order valence-electron chi connectivity index (χ4n) is 4.08. The van der Waals surface area contributed by atoms with Gasteiger partial charge in [-0.05, 0) is 72.7 Å². The third-order valence-corrected chi connectivity index (χ3v) is 5.72. The van der Waals surface area contributed by atoms with Crippen LogP contribution in [0.4, 0.5) is 18.9 Å². The van der Waals surface area contributed by atoms with Crippen molar-refractivity contribution in [2.45, 2.75) is 38.2 Å². The van der Waals surface area contributed by atoms with Gasteiger partial charge in [-0.15, -0.1) is 0 Å². The van der Waals surface area contributed by atoms with Gasteiger partial charge in [-0.25, -0.2) is 13.2 Å². The zero-order chi connectivity index (χ0) is 21.5. The summed E-state index contributed by atoms with van der Waals surface area (Å²) in [6.45, 7) is 0.890. The maximum absolute atomic E-state index is 13.9. The minimum atomic E-state index is -2.82. The van der Waals surface area contributed by atoms with Crippen molar-refractivity contribution in [3.8, 4) is 0 Å². The molecular weight excluding hydrogens is 389 g/mol. The van der Waals surface area contributed by atoms with E-state index in [4.69, 9.17) is 5.73 Å². The Morgan fingerprint density at radius 3 is 2.60 bits per heavy atom. The van der Waals surface area contributed by atoms with Crippen molar-refractivity contribution >= 4 is 17.2 Å². The van der Waals surface area contributed by atoms with Gasteiger partial charge in [-0.2, -0.15) is 0 Å². The number of fused-ring (bicyclic) bond motifs is 1. The molecule has 2 aromatic carbocycles. The van der Waals surface area contributed by atoms with Crippen LogP contribution in [0.2, 0.25) is 0 Å². The number of nitrogens with two attached hydrogens (primary N) is 1. The van der Waals surface area contributed by atoms with E-state index in [1.807, 2.05) is 12.1 Å². The Balaban J connectivity index is 1.59. The molecule has 0 heterocycles. The van der Waals surface area contributed by atoms with Crippen LogP contribution in [0.5, 0.6) is 0 Å². The Morgan fingerprint density at radius 2 is 1.90 bits per heavy atom. The zero-order valence-corrected chi connectivity index (χ0v) is 16.6. The summed E-state index contributed by atoms with van der Waals surface area (Å²) in [5, 5.41) is 2.82. The molecule has 0 spiro atoms. The first-order chi connectivity index (χ1) is 14.2. The van der Waals surface area contributed by atoms with Gasteiger partial charge < -0.3 is 11.1 Å². The van der Waals surface area contributed by atoms with Crippen molar-refractivity contribution in [2.24, 2.45) is 11.7 Å². The summed E-state index contributed by atoms with van der Waals surface area (Å²) >= 11 is 0. The predicted octanol–water partition coefficient (Wildman–Crippen LogP) is 5.12. The molecule has 0 fully saturated rings. The van der Waals surface area contributed by atoms with Crippen LogP contribution in [0.15, 0.2) is 54.6 Å². The Labute approximate surface area is 173 Å². The van der Waals surface area contributed by atoms with Crippen LogP contribution in [0.25, 0.3) is 5.57 Å². The molecule has 2 aromatic rings. The van der Waals surface area contributed by atoms with Gasteiger partial charge >= 0.3 is 0 Å². The zero-order valence-electron chi connectivity index (χ0n) is 16.6. The van der Waals surface area contributed by atoms with Crippen molar-refractivity contribution in [1.29, 1.82) is 0 Å². The fraction of sp³-hybridized carbons (Fsp3) is 0.292. The molecule has 0 saturated carbocycles. The highest BCUT2D eigenvalue weighted by Gasteiger charge is 2.32. The first-order valence-corrected chi connectivity index (χ1v) is 9.95. The van der Waals surface area contributed by atoms with Crippen LogP contribution < -0.4 is 11.1 Å². The number of alkyl halides is 2. The van der Waals surface area contributed by atoms with Crippen molar-refractivity contribution in [1.82, 2.24) is 0 Å². The second kappa shape index (κ2) is 7.76. The first-order valence-electron chi connectivity index (χ1n) is 9.95. The average Bonchev–Trinajstić information content (AvgIpc) is 3.06. The number of benzene rings is 2. The number of carbonyl (C=O) groups excluding carboxylic acids is 1. The van der Waals surface area contributed by atoms with Gasteiger partial charge in [-0.1, -0.05) is 30.4 Å². The van der Waals surface area contributed by atoms with Gasteiger partial charge in [0, 0.05) is 17.6 Å². The van der Waals surface area contributed by atoms with Crippen molar-refractivity contribution < 1.29 is 18.0 Å². The van der Waals surface area contributed by atoms with Crippen molar-refractivity contribution in [3.05, 3.63) is 82.7 Å². The summed E-state index contributed by atoms with van der Waals surface area (Å²) in [6.07, 6.45) is 6.42. The quantitative estimate of drug-likeness (QED) is 0.733. The van der Waals surface area contributed by atoms with Crippen LogP contribution in [0.3, 0.4) is 0 Å². The van der Waals surface area contributed by atoms with Crippen LogP contribution in [0, 0.1) is 11.7 Å². The van der Waals surface area contributed by atoms with E-state index < -0.39 is 23.6 Å². The number of carbonyl (C=O) groups is 1. The molecule has 6 heteroatoms. The fourth-order valence-corrected chi connectivity index (χ4v) is 4.08. The van der Waals surface area contributed by atoms with Crippen LogP contribution in [-0.2, 0) is 12.8 Å². The normalized spacial score (nSPS) is 20.6. The molecule has 3 nitrogen and oxygen atoms in total. The summed E-state index contributed by atoms with van der Waals surface area (Å²) in [5.41, 5.74) is 10.2. The molecule has 2 unspecified atom stereocenters. The molecule has 2 aliphatic rings. The van der Waals surface area contributed by atoms with E-state index in [9.17, 15) is 18.0 Å². The number of allylic oxidation sites excluding steroid dienone is 4. The lowest BCUT2D eigenvalue weighted by Gasteiger charge is -2.23. The Bertz CT molecular complexity index is 1050. The minimum absolute atomic E-state index is 0.0881. The van der Waals surface area contributed by atoms with E-state index in [0.29, 0.717) is 16.8 Å². The second-order valence-electron chi connectivity index (χ2n) is 8.11. The highest BCUT2D eigenvalue weighted by atomic mass is 19.3. The smallest absolute Gasteiger partial charge is 0.256 e. The minimum Gasteiger partial charge on any atom is -0.327 e. The van der Waals surface area contributed by atoms with Gasteiger partial charge in [-0.3, -0.25) is 4.79 Å². The van der Waals surface area contributed by atoms with Crippen molar-refractivity contribution in [2.75, 3.05) is 5.32 Å². The topological polar surface area (TPSA) is 55.1 Å². The van der Waals surface area contributed by atoms with E-state index in [2.05, 4.69) is 5.32 Å². The van der Waals surface area contributed by atoms with Gasteiger partial charge in [0.2, 0.25) is 0 Å². The number of rotatable bonds is 4. The summed E-state index contributed by atoms with van der Waals surface area (Å²) in [6, 6.07) is 9.68. The molecule has 30 heavy (non-hydrogen) atoms. The molecule has 1 amide bonds. The van der Waals surface area contributed by atoms with E-state index in [-0.39, 0.29) is 18.0 Å². The van der Waals surface area contributed by atoms with Crippen LogP contribution in [-0.4, -0.2) is 17.9 Å². The summed E-state index contributed by atoms with van der Waals surface area (Å²) in [7, 11) is 0. The maximum atomic E-state index is 13.9. The highest BCUT2D eigenvalue weighted by molar-refractivity contribution is 6.08. The Kier molecular flexibility index (Phi) is 5.28. The monoisotopic (exact) mass is 412 g/mol. The molecule has 0 bridgehead atoms. The number of anilines is 1. The molecule has 2 aliphatic carbocycles. The highest BCUT2D eigenvalue weighted by Crippen LogP contribution is 2.35. The maximum Gasteiger partial charge on any atom is 0.256 e. The number of hydrogen-bond acceptors (Lipinski definition) is 2. The molecule has 0 saturated heterocycles. The summed E-state index contributed by atoms with van der Waals surface area (Å²) in [4.78, 5) is 12.9. The third-order valence-electron chi connectivity index (χ3n) is 5.72. The second-order valence-corrected chi connectivity index (χ2v) is 8.11. The van der Waals surface area contributed by atoms with Gasteiger partial charge in [0.05, 0.1) is 5.56 Å². The number of amides is 1. The van der Waals surface area contributed by atoms with E-state index in [1.165, 1.54) is 29.8 Å².